The molecule has 0 aromatic heterocycles. The standard InChI is InChI=1S/C18H25N3O3/c1-5-9-19-17(22)12-21(10-11-24-4)13-18(23)20-16-8-6-7-14(2)15(16)3/h1,6-8H,9-13H2,2-4H3,(H,19,22)(H,20,23). The zero-order chi connectivity index (χ0) is 17.9. The maximum Gasteiger partial charge on any atom is 0.238 e. The maximum atomic E-state index is 12.3. The molecule has 2 amide bonds. The zero-order valence-corrected chi connectivity index (χ0v) is 14.5. The lowest BCUT2D eigenvalue weighted by Crippen LogP contribution is -2.42. The topological polar surface area (TPSA) is 70.7 Å². The van der Waals surface area contributed by atoms with Gasteiger partial charge in [-0.25, -0.2) is 0 Å². The number of nitrogens with one attached hydrogen (secondary N) is 2. The van der Waals surface area contributed by atoms with Gasteiger partial charge < -0.3 is 15.4 Å². The van der Waals surface area contributed by atoms with Crippen LogP contribution in [0.1, 0.15) is 11.1 Å². The lowest BCUT2D eigenvalue weighted by molar-refractivity contribution is -0.123. The number of carbonyl (C=O) groups is 2. The van der Waals surface area contributed by atoms with Crippen LogP contribution >= 0.6 is 0 Å². The molecular weight excluding hydrogens is 306 g/mol. The predicted octanol–water partition coefficient (Wildman–Crippen LogP) is 0.940. The normalized spacial score (nSPS) is 10.3. The van der Waals surface area contributed by atoms with Crippen molar-refractivity contribution in [3.63, 3.8) is 0 Å². The second-order valence-electron chi connectivity index (χ2n) is 5.48. The third kappa shape index (κ3) is 6.82. The first kappa shape index (κ1) is 19.7. The van der Waals surface area contributed by atoms with Gasteiger partial charge in [-0.3, -0.25) is 14.5 Å². The summed E-state index contributed by atoms with van der Waals surface area (Å²) in [4.78, 5) is 25.8. The minimum atomic E-state index is -0.219. The van der Waals surface area contributed by atoms with Crippen molar-refractivity contribution in [3.8, 4) is 12.3 Å². The maximum absolute atomic E-state index is 12.3. The van der Waals surface area contributed by atoms with E-state index in [1.54, 1.807) is 12.0 Å². The van der Waals surface area contributed by atoms with Crippen LogP contribution in [0.2, 0.25) is 0 Å². The van der Waals surface area contributed by atoms with Gasteiger partial charge in [-0.1, -0.05) is 18.1 Å². The largest absolute Gasteiger partial charge is 0.383 e. The summed E-state index contributed by atoms with van der Waals surface area (Å²) >= 11 is 0. The van der Waals surface area contributed by atoms with E-state index in [4.69, 9.17) is 11.2 Å². The highest BCUT2D eigenvalue weighted by Gasteiger charge is 2.15. The van der Waals surface area contributed by atoms with E-state index in [0.29, 0.717) is 13.2 Å². The van der Waals surface area contributed by atoms with Crippen LogP contribution in [0.5, 0.6) is 0 Å². The Kier molecular flexibility index (Phi) is 8.55. The smallest absolute Gasteiger partial charge is 0.238 e. The first-order chi connectivity index (χ1) is 11.5. The van der Waals surface area contributed by atoms with E-state index in [1.807, 2.05) is 32.0 Å². The summed E-state index contributed by atoms with van der Waals surface area (Å²) < 4.78 is 5.03. The molecule has 0 heterocycles. The number of rotatable bonds is 9. The number of ether oxygens (including phenoxy) is 1. The van der Waals surface area contributed by atoms with Crippen LogP contribution in [0.3, 0.4) is 0 Å². The molecule has 0 fully saturated rings. The number of carbonyl (C=O) groups excluding carboxylic acids is 2. The van der Waals surface area contributed by atoms with Crippen LogP contribution in [0, 0.1) is 26.2 Å². The molecule has 0 unspecified atom stereocenters. The highest BCUT2D eigenvalue weighted by Crippen LogP contribution is 2.17. The van der Waals surface area contributed by atoms with E-state index >= 15 is 0 Å². The molecule has 0 saturated heterocycles. The lowest BCUT2D eigenvalue weighted by atomic mass is 10.1. The molecule has 0 aliphatic carbocycles. The molecule has 0 saturated carbocycles. The van der Waals surface area contributed by atoms with Crippen LogP contribution in [-0.2, 0) is 14.3 Å². The Morgan fingerprint density at radius 2 is 1.96 bits per heavy atom. The van der Waals surface area contributed by atoms with Crippen LogP contribution in [0.15, 0.2) is 18.2 Å². The fraction of sp³-hybridized carbons (Fsp3) is 0.444. The predicted molar refractivity (Wildman–Crippen MR) is 94.7 cm³/mol. The molecule has 0 radical (unpaired) electrons. The minimum absolute atomic E-state index is 0.0886. The Morgan fingerprint density at radius 3 is 2.62 bits per heavy atom. The molecule has 0 bridgehead atoms. The summed E-state index contributed by atoms with van der Waals surface area (Å²) in [7, 11) is 1.58. The van der Waals surface area contributed by atoms with Crippen molar-refractivity contribution in [3.05, 3.63) is 29.3 Å². The number of nitrogens with zero attached hydrogens (tertiary/aromatic N) is 1. The first-order valence-corrected chi connectivity index (χ1v) is 7.75. The molecule has 6 nitrogen and oxygen atoms in total. The minimum Gasteiger partial charge on any atom is -0.383 e. The number of anilines is 1. The van der Waals surface area contributed by atoms with E-state index in [2.05, 4.69) is 16.6 Å². The van der Waals surface area contributed by atoms with E-state index in [9.17, 15) is 9.59 Å². The number of amides is 2. The number of terminal acetylenes is 1. The summed E-state index contributed by atoms with van der Waals surface area (Å²) in [6.45, 7) is 5.21. The van der Waals surface area contributed by atoms with E-state index in [-0.39, 0.29) is 31.4 Å². The van der Waals surface area contributed by atoms with E-state index in [1.165, 1.54) is 0 Å². The van der Waals surface area contributed by atoms with Crippen molar-refractivity contribution in [2.75, 3.05) is 45.2 Å². The van der Waals surface area contributed by atoms with Crippen molar-refractivity contribution in [1.29, 1.82) is 0 Å². The average Bonchev–Trinajstić information content (AvgIpc) is 2.55. The van der Waals surface area contributed by atoms with Crippen molar-refractivity contribution < 1.29 is 14.3 Å². The highest BCUT2D eigenvalue weighted by atomic mass is 16.5. The molecule has 0 aliphatic heterocycles. The van der Waals surface area contributed by atoms with Gasteiger partial charge in [0.15, 0.2) is 0 Å². The first-order valence-electron chi connectivity index (χ1n) is 7.75. The summed E-state index contributed by atoms with van der Waals surface area (Å²) in [5.74, 6) is 1.95. The molecule has 2 N–H and O–H groups in total. The number of hydrogen-bond acceptors (Lipinski definition) is 4. The molecule has 1 aromatic carbocycles. The summed E-state index contributed by atoms with van der Waals surface area (Å²) in [6, 6.07) is 5.75. The second-order valence-corrected chi connectivity index (χ2v) is 5.48. The van der Waals surface area contributed by atoms with Gasteiger partial charge in [0.2, 0.25) is 11.8 Å². The molecule has 1 rings (SSSR count). The van der Waals surface area contributed by atoms with Gasteiger partial charge in [0.1, 0.15) is 0 Å². The zero-order valence-electron chi connectivity index (χ0n) is 14.5. The molecule has 6 heteroatoms. The van der Waals surface area contributed by atoms with Crippen LogP contribution in [0.25, 0.3) is 0 Å². The van der Waals surface area contributed by atoms with Crippen molar-refractivity contribution in [2.24, 2.45) is 0 Å². The number of aryl methyl sites for hydroxylation is 1. The molecule has 0 atom stereocenters. The van der Waals surface area contributed by atoms with Gasteiger partial charge in [0.05, 0.1) is 26.2 Å². The van der Waals surface area contributed by atoms with Gasteiger partial charge in [-0.05, 0) is 31.0 Å². The van der Waals surface area contributed by atoms with Crippen LogP contribution < -0.4 is 10.6 Å². The third-order valence-corrected chi connectivity index (χ3v) is 3.61. The summed E-state index contributed by atoms with van der Waals surface area (Å²) in [5.41, 5.74) is 2.92. The molecule has 0 aliphatic rings. The van der Waals surface area contributed by atoms with Gasteiger partial charge in [0, 0.05) is 19.3 Å². The molecule has 24 heavy (non-hydrogen) atoms. The van der Waals surface area contributed by atoms with Crippen LogP contribution in [0.4, 0.5) is 5.69 Å². The Morgan fingerprint density at radius 1 is 1.25 bits per heavy atom. The molecular formula is C18H25N3O3. The van der Waals surface area contributed by atoms with E-state index in [0.717, 1.165) is 16.8 Å². The van der Waals surface area contributed by atoms with Crippen molar-refractivity contribution in [1.82, 2.24) is 10.2 Å². The van der Waals surface area contributed by atoms with Gasteiger partial charge in [-0.2, -0.15) is 0 Å². The quantitative estimate of drug-likeness (QED) is 0.661. The Hall–Kier alpha value is -2.36. The highest BCUT2D eigenvalue weighted by molar-refractivity contribution is 5.93. The number of benzene rings is 1. The van der Waals surface area contributed by atoms with Crippen molar-refractivity contribution >= 4 is 17.5 Å². The number of hydrogen-bond donors (Lipinski definition) is 2. The van der Waals surface area contributed by atoms with Crippen molar-refractivity contribution in [2.45, 2.75) is 13.8 Å². The summed E-state index contributed by atoms with van der Waals surface area (Å²) in [6.07, 6.45) is 5.12. The monoisotopic (exact) mass is 331 g/mol. The van der Waals surface area contributed by atoms with Crippen LogP contribution in [-0.4, -0.2) is 56.6 Å². The molecule has 0 spiro atoms. The molecule has 1 aromatic rings. The number of methoxy groups -OCH3 is 1. The SMILES string of the molecule is C#CCNC(=O)CN(CCOC)CC(=O)Nc1cccc(C)c1C. The fourth-order valence-corrected chi connectivity index (χ4v) is 2.12. The fourth-order valence-electron chi connectivity index (χ4n) is 2.12. The molecule has 130 valence electrons. The lowest BCUT2D eigenvalue weighted by Gasteiger charge is -2.21. The van der Waals surface area contributed by atoms with Gasteiger partial charge >= 0.3 is 0 Å². The summed E-state index contributed by atoms with van der Waals surface area (Å²) in [5, 5.41) is 5.48. The average molecular weight is 331 g/mol. The second kappa shape index (κ2) is 10.4. The van der Waals surface area contributed by atoms with Gasteiger partial charge in [0.25, 0.3) is 0 Å². The Bertz CT molecular complexity index is 608. The van der Waals surface area contributed by atoms with Gasteiger partial charge in [-0.15, -0.1) is 6.42 Å². The van der Waals surface area contributed by atoms with E-state index < -0.39 is 0 Å². The third-order valence-electron chi connectivity index (χ3n) is 3.61. The Balaban J connectivity index is 2.64. The Labute approximate surface area is 143 Å².